The maximum atomic E-state index is 10.9. The third-order valence-corrected chi connectivity index (χ3v) is 2.87. The van der Waals surface area contributed by atoms with E-state index < -0.39 is 0 Å². The number of ether oxygens (including phenoxy) is 1. The highest BCUT2D eigenvalue weighted by atomic mass is 16.5. The first-order valence-corrected chi connectivity index (χ1v) is 5.62. The van der Waals surface area contributed by atoms with E-state index in [0.717, 1.165) is 19.0 Å². The van der Waals surface area contributed by atoms with Crippen molar-refractivity contribution in [2.75, 3.05) is 27.2 Å². The third kappa shape index (κ3) is 4.98. The van der Waals surface area contributed by atoms with Gasteiger partial charge in [0.2, 0.25) is 0 Å². The van der Waals surface area contributed by atoms with Crippen molar-refractivity contribution in [1.82, 2.24) is 4.90 Å². The van der Waals surface area contributed by atoms with Crippen molar-refractivity contribution in [3.63, 3.8) is 0 Å². The molecule has 1 aliphatic carbocycles. The fraction of sp³-hybridized carbons (Fsp3) is 0.750. The van der Waals surface area contributed by atoms with Crippen molar-refractivity contribution < 1.29 is 9.53 Å². The van der Waals surface area contributed by atoms with E-state index in [1.807, 2.05) is 0 Å². The number of esters is 1. The average molecular weight is 211 g/mol. The summed E-state index contributed by atoms with van der Waals surface area (Å²) in [4.78, 5) is 13.2. The van der Waals surface area contributed by atoms with Crippen molar-refractivity contribution in [3.8, 4) is 0 Å². The van der Waals surface area contributed by atoms with Gasteiger partial charge in [0.15, 0.2) is 0 Å². The van der Waals surface area contributed by atoms with Gasteiger partial charge in [-0.2, -0.15) is 0 Å². The fourth-order valence-electron chi connectivity index (χ4n) is 1.94. The van der Waals surface area contributed by atoms with Crippen LogP contribution >= 0.6 is 0 Å². The molecule has 0 aromatic carbocycles. The maximum absolute atomic E-state index is 10.9. The Morgan fingerprint density at radius 2 is 2.33 bits per heavy atom. The molecule has 3 heteroatoms. The van der Waals surface area contributed by atoms with Gasteiger partial charge < -0.3 is 9.64 Å². The van der Waals surface area contributed by atoms with E-state index in [9.17, 15) is 4.79 Å². The molecule has 1 atom stereocenters. The van der Waals surface area contributed by atoms with E-state index in [4.69, 9.17) is 0 Å². The molecule has 0 heterocycles. The number of nitrogens with zero attached hydrogens (tertiary/aromatic N) is 1. The third-order valence-electron chi connectivity index (χ3n) is 2.87. The molecule has 0 N–H and O–H groups in total. The van der Waals surface area contributed by atoms with Gasteiger partial charge in [0.25, 0.3) is 0 Å². The van der Waals surface area contributed by atoms with Crippen molar-refractivity contribution in [2.45, 2.75) is 25.7 Å². The first-order valence-electron chi connectivity index (χ1n) is 5.62. The lowest BCUT2D eigenvalue weighted by atomic mass is 9.94. The van der Waals surface area contributed by atoms with Gasteiger partial charge >= 0.3 is 5.97 Å². The van der Waals surface area contributed by atoms with Gasteiger partial charge in [0, 0.05) is 13.1 Å². The van der Waals surface area contributed by atoms with E-state index in [1.165, 1.54) is 26.4 Å². The van der Waals surface area contributed by atoms with Gasteiger partial charge in [-0.15, -0.1) is 0 Å². The number of allylic oxidation sites excluding steroid dienone is 2. The molecule has 86 valence electrons. The largest absolute Gasteiger partial charge is 0.469 e. The highest BCUT2D eigenvalue weighted by Gasteiger charge is 2.13. The van der Waals surface area contributed by atoms with Crippen molar-refractivity contribution in [2.24, 2.45) is 5.92 Å². The number of rotatable bonds is 5. The second-order valence-corrected chi connectivity index (χ2v) is 4.24. The number of hydrogen-bond acceptors (Lipinski definition) is 3. The summed E-state index contributed by atoms with van der Waals surface area (Å²) in [7, 11) is 3.51. The Bertz CT molecular complexity index is 226. The molecule has 0 aromatic heterocycles. The zero-order chi connectivity index (χ0) is 11.1. The average Bonchev–Trinajstić information content (AvgIpc) is 2.27. The van der Waals surface area contributed by atoms with Crippen molar-refractivity contribution >= 4 is 5.97 Å². The molecule has 0 saturated carbocycles. The standard InChI is InChI=1S/C12H21NO2/c1-13(9-8-12(14)15-2)10-11-6-4-3-5-7-11/h3-4,11H,5-10H2,1-2H3/t11-/m0/s1. The molecule has 1 aliphatic rings. The number of carbonyl (C=O) groups excluding carboxylic acids is 1. The van der Waals surface area contributed by atoms with Gasteiger partial charge in [0.1, 0.15) is 0 Å². The topological polar surface area (TPSA) is 29.5 Å². The highest BCUT2D eigenvalue weighted by Crippen LogP contribution is 2.18. The summed E-state index contributed by atoms with van der Waals surface area (Å²) in [5, 5.41) is 0. The highest BCUT2D eigenvalue weighted by molar-refractivity contribution is 5.69. The lowest BCUT2D eigenvalue weighted by Crippen LogP contribution is -2.28. The minimum Gasteiger partial charge on any atom is -0.469 e. The predicted molar refractivity (Wildman–Crippen MR) is 60.6 cm³/mol. The summed E-state index contributed by atoms with van der Waals surface area (Å²) in [6.07, 6.45) is 8.68. The Morgan fingerprint density at radius 1 is 1.53 bits per heavy atom. The summed E-state index contributed by atoms with van der Waals surface area (Å²) in [6.45, 7) is 1.88. The van der Waals surface area contributed by atoms with Gasteiger partial charge in [-0.05, 0) is 32.2 Å². The molecule has 0 saturated heterocycles. The van der Waals surface area contributed by atoms with Gasteiger partial charge in [-0.25, -0.2) is 0 Å². The molecule has 0 unspecified atom stereocenters. The summed E-state index contributed by atoms with van der Waals surface area (Å²) in [5.74, 6) is 0.642. The summed E-state index contributed by atoms with van der Waals surface area (Å²) < 4.78 is 4.61. The molecule has 3 nitrogen and oxygen atoms in total. The predicted octanol–water partition coefficient (Wildman–Crippen LogP) is 1.84. The molecule has 1 rings (SSSR count). The van der Waals surface area contributed by atoms with Crippen molar-refractivity contribution in [3.05, 3.63) is 12.2 Å². The van der Waals surface area contributed by atoms with Crippen LogP contribution in [0.1, 0.15) is 25.7 Å². The number of methoxy groups -OCH3 is 1. The molecule has 0 bridgehead atoms. The molecule has 0 aliphatic heterocycles. The molecule has 0 radical (unpaired) electrons. The molecule has 0 aromatic rings. The summed E-state index contributed by atoms with van der Waals surface area (Å²) in [6, 6.07) is 0. The van der Waals surface area contributed by atoms with Crippen LogP contribution in [0.4, 0.5) is 0 Å². The zero-order valence-electron chi connectivity index (χ0n) is 9.74. The van der Waals surface area contributed by atoms with E-state index in [2.05, 4.69) is 28.8 Å². The summed E-state index contributed by atoms with van der Waals surface area (Å²) >= 11 is 0. The van der Waals surface area contributed by atoms with Gasteiger partial charge in [0.05, 0.1) is 13.5 Å². The maximum Gasteiger partial charge on any atom is 0.306 e. The van der Waals surface area contributed by atoms with E-state index >= 15 is 0 Å². The van der Waals surface area contributed by atoms with Crippen LogP contribution in [-0.4, -0.2) is 38.1 Å². The Balaban J connectivity index is 2.14. The smallest absolute Gasteiger partial charge is 0.306 e. The van der Waals surface area contributed by atoms with Crippen LogP contribution in [-0.2, 0) is 9.53 Å². The van der Waals surface area contributed by atoms with Crippen LogP contribution in [0.3, 0.4) is 0 Å². The SMILES string of the molecule is COC(=O)CCN(C)C[C@H]1CC=CCC1. The lowest BCUT2D eigenvalue weighted by molar-refractivity contribution is -0.140. The Labute approximate surface area is 92.1 Å². The van der Waals surface area contributed by atoms with Crippen LogP contribution in [0.2, 0.25) is 0 Å². The van der Waals surface area contributed by atoms with Gasteiger partial charge in [-0.3, -0.25) is 4.79 Å². The van der Waals surface area contributed by atoms with Crippen molar-refractivity contribution in [1.29, 1.82) is 0 Å². The lowest BCUT2D eigenvalue weighted by Gasteiger charge is -2.24. The van der Waals surface area contributed by atoms with E-state index in [1.54, 1.807) is 0 Å². The van der Waals surface area contributed by atoms with Crippen LogP contribution in [0.25, 0.3) is 0 Å². The molecule has 0 fully saturated rings. The molecular formula is C12H21NO2. The van der Waals surface area contributed by atoms with Crippen LogP contribution < -0.4 is 0 Å². The second-order valence-electron chi connectivity index (χ2n) is 4.24. The minimum absolute atomic E-state index is 0.120. The molecule has 0 amide bonds. The normalized spacial score (nSPS) is 20.6. The van der Waals surface area contributed by atoms with Gasteiger partial charge in [-0.1, -0.05) is 12.2 Å². The minimum atomic E-state index is -0.120. The van der Waals surface area contributed by atoms with Crippen LogP contribution in [0.5, 0.6) is 0 Å². The Morgan fingerprint density at radius 3 is 2.93 bits per heavy atom. The Kier molecular flexibility index (Phi) is 5.40. The zero-order valence-corrected chi connectivity index (χ0v) is 9.74. The van der Waals surface area contributed by atoms with Crippen LogP contribution in [0.15, 0.2) is 12.2 Å². The van der Waals surface area contributed by atoms with E-state index in [0.29, 0.717) is 6.42 Å². The monoisotopic (exact) mass is 211 g/mol. The Hall–Kier alpha value is -0.830. The van der Waals surface area contributed by atoms with Crippen LogP contribution in [0, 0.1) is 5.92 Å². The molecular weight excluding hydrogens is 190 g/mol. The second kappa shape index (κ2) is 6.62. The summed E-state index contributed by atoms with van der Waals surface area (Å²) in [5.41, 5.74) is 0. The molecule has 15 heavy (non-hydrogen) atoms. The first-order chi connectivity index (χ1) is 7.22. The quantitative estimate of drug-likeness (QED) is 0.513. The fourth-order valence-corrected chi connectivity index (χ4v) is 1.94. The number of carbonyl (C=O) groups is 1. The molecule has 0 spiro atoms. The van der Waals surface area contributed by atoms with E-state index in [-0.39, 0.29) is 5.97 Å². The first kappa shape index (κ1) is 12.2. The number of hydrogen-bond donors (Lipinski definition) is 0.